The zero-order valence-corrected chi connectivity index (χ0v) is 10.4. The van der Waals surface area contributed by atoms with Crippen LogP contribution in [-0.4, -0.2) is 24.9 Å². The maximum atomic E-state index is 11.6. The van der Waals surface area contributed by atoms with Crippen LogP contribution in [0.5, 0.6) is 0 Å². The van der Waals surface area contributed by atoms with Gasteiger partial charge in [0.05, 0.1) is 0 Å². The number of rotatable bonds is 1. The number of halogens is 1. The third-order valence-corrected chi connectivity index (χ3v) is 3.28. The number of nitrogens with zero attached hydrogens (tertiary/aromatic N) is 2. The van der Waals surface area contributed by atoms with E-state index in [1.54, 1.807) is 0 Å². The number of aliphatic hydroxyl groups is 1. The molecule has 1 saturated heterocycles. The van der Waals surface area contributed by atoms with Crippen LogP contribution in [0.15, 0.2) is 29.2 Å². The van der Waals surface area contributed by atoms with Crippen LogP contribution in [0.4, 0.5) is 5.82 Å². The van der Waals surface area contributed by atoms with Gasteiger partial charge in [0.2, 0.25) is 0 Å². The molecule has 0 amide bonds. The number of anilines is 1. The molecule has 1 aliphatic rings. The first-order valence-corrected chi connectivity index (χ1v) is 5.76. The Balaban J connectivity index is 2.39. The van der Waals surface area contributed by atoms with E-state index in [4.69, 9.17) is 10.5 Å². The van der Waals surface area contributed by atoms with Gasteiger partial charge >= 0.3 is 5.69 Å². The van der Waals surface area contributed by atoms with Gasteiger partial charge < -0.3 is 15.6 Å². The summed E-state index contributed by atoms with van der Waals surface area (Å²) in [6.07, 6.45) is 0.00889. The number of hydrogen-bond donors (Lipinski definition) is 2. The summed E-state index contributed by atoms with van der Waals surface area (Å²) in [5.74, 6) is 0.149. The van der Waals surface area contributed by atoms with Crippen LogP contribution < -0.4 is 11.4 Å². The summed E-state index contributed by atoms with van der Waals surface area (Å²) >= 11 is 1.94. The number of nitrogen functional groups attached to an aromatic ring is 1. The molecule has 0 aliphatic carbocycles. The Kier molecular flexibility index (Phi) is 3.00. The van der Waals surface area contributed by atoms with E-state index in [0.29, 0.717) is 5.57 Å². The molecule has 16 heavy (non-hydrogen) atoms. The smallest absolute Gasteiger partial charge is 0.351 e. The molecule has 3 N–H and O–H groups in total. The van der Waals surface area contributed by atoms with E-state index in [0.717, 1.165) is 0 Å². The standard InChI is InChI=1S/C9H10IN3O3/c1-4-6(14)7(10)16-8(4)13-3-2-5(11)12-9(13)15/h2-3,6-8,14H,1H2,(H2,11,12,15)/t6?,7-,8+/m0/s1. The second-order valence-corrected chi connectivity index (χ2v) is 4.63. The Labute approximate surface area is 105 Å². The molecule has 0 aromatic carbocycles. The Morgan fingerprint density at radius 3 is 2.88 bits per heavy atom. The van der Waals surface area contributed by atoms with Crippen molar-refractivity contribution in [2.45, 2.75) is 16.4 Å². The quantitative estimate of drug-likeness (QED) is 0.429. The van der Waals surface area contributed by atoms with Crippen molar-refractivity contribution in [3.05, 3.63) is 34.9 Å². The van der Waals surface area contributed by atoms with Crippen molar-refractivity contribution in [2.24, 2.45) is 0 Å². The molecule has 1 unspecified atom stereocenters. The average Bonchev–Trinajstić information content (AvgIpc) is 2.46. The predicted molar refractivity (Wildman–Crippen MR) is 66.0 cm³/mol. The second-order valence-electron chi connectivity index (χ2n) is 3.40. The van der Waals surface area contributed by atoms with Crippen LogP contribution in [0.25, 0.3) is 0 Å². The predicted octanol–water partition coefficient (Wildman–Crippen LogP) is 0.0325. The summed E-state index contributed by atoms with van der Waals surface area (Å²) in [6, 6.07) is 1.49. The number of alkyl halides is 1. The van der Waals surface area contributed by atoms with E-state index >= 15 is 0 Å². The van der Waals surface area contributed by atoms with Crippen molar-refractivity contribution in [3.8, 4) is 0 Å². The van der Waals surface area contributed by atoms with E-state index < -0.39 is 22.1 Å². The largest absolute Gasteiger partial charge is 0.385 e. The number of aliphatic hydroxyl groups excluding tert-OH is 1. The van der Waals surface area contributed by atoms with Crippen molar-refractivity contribution >= 4 is 28.4 Å². The maximum Gasteiger partial charge on any atom is 0.351 e. The van der Waals surface area contributed by atoms with Gasteiger partial charge in [0, 0.05) is 11.8 Å². The summed E-state index contributed by atoms with van der Waals surface area (Å²) in [7, 11) is 0. The molecule has 1 fully saturated rings. The van der Waals surface area contributed by atoms with Gasteiger partial charge in [-0.2, -0.15) is 4.98 Å². The lowest BCUT2D eigenvalue weighted by Gasteiger charge is -2.13. The Hall–Kier alpha value is -0.930. The lowest BCUT2D eigenvalue weighted by molar-refractivity contribution is 0.0396. The molecule has 3 atom stereocenters. The lowest BCUT2D eigenvalue weighted by atomic mass is 10.2. The molecular weight excluding hydrogens is 325 g/mol. The number of nitrogens with two attached hydrogens (primary N) is 1. The molecule has 0 radical (unpaired) electrons. The molecule has 1 aromatic heterocycles. The monoisotopic (exact) mass is 335 g/mol. The minimum atomic E-state index is -0.782. The van der Waals surface area contributed by atoms with Crippen molar-refractivity contribution in [2.75, 3.05) is 5.73 Å². The first-order valence-electron chi connectivity index (χ1n) is 4.51. The molecule has 1 aliphatic heterocycles. The molecule has 86 valence electrons. The molecule has 7 heteroatoms. The van der Waals surface area contributed by atoms with Crippen LogP contribution in [-0.2, 0) is 4.74 Å². The molecular formula is C9H10IN3O3. The summed E-state index contributed by atoms with van der Waals surface area (Å²) in [5.41, 5.74) is 5.29. The fourth-order valence-corrected chi connectivity index (χ4v) is 2.19. The fourth-order valence-electron chi connectivity index (χ4n) is 1.45. The Bertz CT molecular complexity index is 487. The number of aromatic nitrogens is 2. The summed E-state index contributed by atoms with van der Waals surface area (Å²) in [4.78, 5) is 15.1. The van der Waals surface area contributed by atoms with Gasteiger partial charge in [-0.1, -0.05) is 6.58 Å². The maximum absolute atomic E-state index is 11.6. The number of hydrogen-bond acceptors (Lipinski definition) is 5. The third-order valence-electron chi connectivity index (χ3n) is 2.31. The molecule has 6 nitrogen and oxygen atoms in total. The molecule has 2 heterocycles. The fraction of sp³-hybridized carbons (Fsp3) is 0.333. The highest BCUT2D eigenvalue weighted by Crippen LogP contribution is 2.34. The Morgan fingerprint density at radius 1 is 1.69 bits per heavy atom. The number of ether oxygens (including phenoxy) is 1. The van der Waals surface area contributed by atoms with Crippen molar-refractivity contribution in [3.63, 3.8) is 0 Å². The van der Waals surface area contributed by atoms with E-state index in [9.17, 15) is 9.90 Å². The minimum Gasteiger partial charge on any atom is -0.385 e. The van der Waals surface area contributed by atoms with Gasteiger partial charge in [0.1, 0.15) is 16.0 Å². The van der Waals surface area contributed by atoms with Gasteiger partial charge in [0.15, 0.2) is 6.23 Å². The highest BCUT2D eigenvalue weighted by atomic mass is 127. The normalized spacial score (nSPS) is 29.6. The topological polar surface area (TPSA) is 90.4 Å². The average molecular weight is 335 g/mol. The van der Waals surface area contributed by atoms with Crippen molar-refractivity contribution in [1.82, 2.24) is 9.55 Å². The second kappa shape index (κ2) is 4.15. The van der Waals surface area contributed by atoms with Gasteiger partial charge in [-0.05, 0) is 28.7 Å². The summed E-state index contributed by atoms with van der Waals surface area (Å²) in [6.45, 7) is 3.71. The van der Waals surface area contributed by atoms with Gasteiger partial charge in [-0.3, -0.25) is 4.57 Å². The van der Waals surface area contributed by atoms with Gasteiger partial charge in [-0.15, -0.1) is 0 Å². The summed E-state index contributed by atoms with van der Waals surface area (Å²) in [5, 5.41) is 9.65. The van der Waals surface area contributed by atoms with E-state index in [1.807, 2.05) is 22.6 Å². The zero-order valence-electron chi connectivity index (χ0n) is 8.21. The SMILES string of the molecule is C=C1C(O)[C@@H](I)O[C@H]1n1ccc(N)nc1=O. The lowest BCUT2D eigenvalue weighted by Crippen LogP contribution is -2.27. The zero-order chi connectivity index (χ0) is 11.9. The minimum absolute atomic E-state index is 0.149. The Morgan fingerprint density at radius 2 is 2.38 bits per heavy atom. The van der Waals surface area contributed by atoms with Crippen LogP contribution in [0.3, 0.4) is 0 Å². The summed E-state index contributed by atoms with van der Waals surface area (Å²) < 4.78 is 6.25. The highest BCUT2D eigenvalue weighted by Gasteiger charge is 2.37. The molecule has 0 saturated carbocycles. The van der Waals surface area contributed by atoms with Crippen LogP contribution in [0.2, 0.25) is 0 Å². The van der Waals surface area contributed by atoms with Crippen LogP contribution >= 0.6 is 22.6 Å². The molecule has 1 aromatic rings. The van der Waals surface area contributed by atoms with Crippen LogP contribution in [0, 0.1) is 0 Å². The van der Waals surface area contributed by atoms with Crippen molar-refractivity contribution < 1.29 is 9.84 Å². The first-order chi connectivity index (χ1) is 7.50. The highest BCUT2D eigenvalue weighted by molar-refractivity contribution is 14.1. The van der Waals surface area contributed by atoms with E-state index in [1.165, 1.54) is 16.8 Å². The van der Waals surface area contributed by atoms with Gasteiger partial charge in [-0.25, -0.2) is 4.79 Å². The van der Waals surface area contributed by atoms with E-state index in [2.05, 4.69) is 11.6 Å². The molecule has 0 spiro atoms. The third kappa shape index (κ3) is 1.85. The van der Waals surface area contributed by atoms with Crippen molar-refractivity contribution in [1.29, 1.82) is 0 Å². The molecule has 2 rings (SSSR count). The molecule has 0 bridgehead atoms. The first kappa shape index (κ1) is 11.6. The van der Waals surface area contributed by atoms with Gasteiger partial charge in [0.25, 0.3) is 0 Å². The van der Waals surface area contributed by atoms with Crippen LogP contribution in [0.1, 0.15) is 6.23 Å². The van der Waals surface area contributed by atoms with E-state index in [-0.39, 0.29) is 5.82 Å².